The van der Waals surface area contributed by atoms with Crippen LogP contribution in [0.5, 0.6) is 11.5 Å². The number of halogens is 1. The highest BCUT2D eigenvalue weighted by Crippen LogP contribution is 2.20. The number of thiazole rings is 1. The van der Waals surface area contributed by atoms with E-state index in [4.69, 9.17) is 9.47 Å². The lowest BCUT2D eigenvalue weighted by molar-refractivity contribution is -0.127. The van der Waals surface area contributed by atoms with E-state index < -0.39 is 0 Å². The molecule has 8 heteroatoms. The number of piperazine rings is 1. The van der Waals surface area contributed by atoms with E-state index >= 15 is 0 Å². The SMILES string of the molecule is COc1ccc(CN2CCN(C(=O)/C=C/c3cccc(OCc4csc(C)n4)c3)CC2)cc1F. The van der Waals surface area contributed by atoms with Crippen molar-refractivity contribution in [3.05, 3.63) is 81.6 Å². The van der Waals surface area contributed by atoms with Gasteiger partial charge in [0.1, 0.15) is 12.4 Å². The van der Waals surface area contributed by atoms with Gasteiger partial charge in [0.15, 0.2) is 11.6 Å². The van der Waals surface area contributed by atoms with Gasteiger partial charge in [0.2, 0.25) is 5.91 Å². The van der Waals surface area contributed by atoms with Crippen LogP contribution in [0.1, 0.15) is 21.8 Å². The molecule has 2 heterocycles. The largest absolute Gasteiger partial charge is 0.494 e. The fourth-order valence-corrected chi connectivity index (χ4v) is 4.40. The molecule has 0 N–H and O–H groups in total. The summed E-state index contributed by atoms with van der Waals surface area (Å²) in [6.07, 6.45) is 3.42. The van der Waals surface area contributed by atoms with Gasteiger partial charge in [-0.15, -0.1) is 11.3 Å². The summed E-state index contributed by atoms with van der Waals surface area (Å²) >= 11 is 1.60. The molecule has 0 unspecified atom stereocenters. The van der Waals surface area contributed by atoms with Gasteiger partial charge in [0.05, 0.1) is 17.8 Å². The van der Waals surface area contributed by atoms with E-state index in [9.17, 15) is 9.18 Å². The van der Waals surface area contributed by atoms with Gasteiger partial charge in [-0.1, -0.05) is 18.2 Å². The maximum atomic E-state index is 13.9. The normalized spacial score (nSPS) is 14.5. The summed E-state index contributed by atoms with van der Waals surface area (Å²) in [5.41, 5.74) is 2.71. The molecule has 1 fully saturated rings. The number of hydrogen-bond acceptors (Lipinski definition) is 6. The first kappa shape index (κ1) is 23.9. The van der Waals surface area contributed by atoms with E-state index in [-0.39, 0.29) is 17.5 Å². The number of rotatable bonds is 8. The second-order valence-electron chi connectivity index (χ2n) is 8.12. The highest BCUT2D eigenvalue weighted by Gasteiger charge is 2.20. The number of carbonyl (C=O) groups excluding carboxylic acids is 1. The highest BCUT2D eigenvalue weighted by atomic mass is 32.1. The van der Waals surface area contributed by atoms with Crippen molar-refractivity contribution in [2.24, 2.45) is 0 Å². The monoisotopic (exact) mass is 481 g/mol. The summed E-state index contributed by atoms with van der Waals surface area (Å²) in [6, 6.07) is 12.7. The lowest BCUT2D eigenvalue weighted by Gasteiger charge is -2.34. The molecule has 1 saturated heterocycles. The van der Waals surface area contributed by atoms with Crippen LogP contribution in [-0.2, 0) is 17.9 Å². The number of benzene rings is 2. The molecule has 0 bridgehead atoms. The van der Waals surface area contributed by atoms with E-state index in [0.717, 1.165) is 40.7 Å². The first-order valence-electron chi connectivity index (χ1n) is 11.2. The number of aryl methyl sites for hydroxylation is 1. The summed E-state index contributed by atoms with van der Waals surface area (Å²) in [7, 11) is 1.46. The lowest BCUT2D eigenvalue weighted by atomic mass is 10.1. The van der Waals surface area contributed by atoms with Crippen LogP contribution in [0.15, 0.2) is 53.9 Å². The first-order chi connectivity index (χ1) is 16.5. The second kappa shape index (κ2) is 11.3. The molecule has 34 heavy (non-hydrogen) atoms. The Bertz CT molecular complexity index is 1160. The summed E-state index contributed by atoms with van der Waals surface area (Å²) in [5.74, 6) is 0.618. The molecule has 6 nitrogen and oxygen atoms in total. The molecule has 1 aliphatic rings. The smallest absolute Gasteiger partial charge is 0.246 e. The average Bonchev–Trinajstić information content (AvgIpc) is 3.27. The molecular formula is C26H28FN3O3S. The Hall–Kier alpha value is -3.23. The van der Waals surface area contributed by atoms with Gasteiger partial charge in [-0.25, -0.2) is 9.37 Å². The number of ether oxygens (including phenoxy) is 2. The Morgan fingerprint density at radius 1 is 1.18 bits per heavy atom. The van der Waals surface area contributed by atoms with Crippen molar-refractivity contribution < 1.29 is 18.7 Å². The Kier molecular flexibility index (Phi) is 7.92. The van der Waals surface area contributed by atoms with Crippen molar-refractivity contribution in [3.8, 4) is 11.5 Å². The first-order valence-corrected chi connectivity index (χ1v) is 12.0. The van der Waals surface area contributed by atoms with Crippen molar-refractivity contribution >= 4 is 23.3 Å². The summed E-state index contributed by atoms with van der Waals surface area (Å²) < 4.78 is 24.7. The Morgan fingerprint density at radius 3 is 2.71 bits per heavy atom. The molecule has 1 amide bonds. The summed E-state index contributed by atoms with van der Waals surface area (Å²) in [6.45, 7) is 5.80. The minimum absolute atomic E-state index is 0.0144. The van der Waals surface area contributed by atoms with Crippen LogP contribution in [0.2, 0.25) is 0 Å². The standard InChI is InChI=1S/C26H28FN3O3S/c1-19-28-22(18-34-19)17-33-23-5-3-4-20(14-23)7-9-26(31)30-12-10-29(11-13-30)16-21-6-8-25(32-2)24(27)15-21/h3-9,14-15,18H,10-13,16-17H2,1-2H3/b9-7+. The van der Waals surface area contributed by atoms with Gasteiger partial charge in [-0.05, 0) is 48.4 Å². The van der Waals surface area contributed by atoms with Crippen molar-refractivity contribution in [3.63, 3.8) is 0 Å². The second-order valence-corrected chi connectivity index (χ2v) is 9.18. The van der Waals surface area contributed by atoms with Gasteiger partial charge in [0, 0.05) is 44.2 Å². The molecule has 0 aliphatic carbocycles. The molecule has 2 aromatic carbocycles. The van der Waals surface area contributed by atoms with Gasteiger partial charge >= 0.3 is 0 Å². The number of amides is 1. The fourth-order valence-electron chi connectivity index (χ4n) is 3.81. The van der Waals surface area contributed by atoms with Crippen LogP contribution >= 0.6 is 11.3 Å². The molecule has 0 saturated carbocycles. The predicted molar refractivity (Wildman–Crippen MR) is 131 cm³/mol. The van der Waals surface area contributed by atoms with E-state index in [0.29, 0.717) is 26.2 Å². The van der Waals surface area contributed by atoms with Crippen molar-refractivity contribution in [2.45, 2.75) is 20.1 Å². The topological polar surface area (TPSA) is 54.9 Å². The number of aromatic nitrogens is 1. The molecule has 1 aliphatic heterocycles. The van der Waals surface area contributed by atoms with Gasteiger partial charge < -0.3 is 14.4 Å². The molecule has 3 aromatic rings. The number of hydrogen-bond donors (Lipinski definition) is 0. The van der Waals surface area contributed by atoms with Gasteiger partial charge in [-0.2, -0.15) is 0 Å². The van der Waals surface area contributed by atoms with Crippen LogP contribution in [0.25, 0.3) is 6.08 Å². The maximum absolute atomic E-state index is 13.9. The minimum Gasteiger partial charge on any atom is -0.494 e. The van der Waals surface area contributed by atoms with Crippen LogP contribution in [0.3, 0.4) is 0 Å². The third-order valence-electron chi connectivity index (χ3n) is 5.64. The highest BCUT2D eigenvalue weighted by molar-refractivity contribution is 7.09. The Balaban J connectivity index is 1.26. The van der Waals surface area contributed by atoms with Crippen molar-refractivity contribution in [1.82, 2.24) is 14.8 Å². The third kappa shape index (κ3) is 6.42. The quantitative estimate of drug-likeness (QED) is 0.443. The fraction of sp³-hybridized carbons (Fsp3) is 0.308. The third-order valence-corrected chi connectivity index (χ3v) is 6.46. The molecule has 1 aromatic heterocycles. The van der Waals surface area contributed by atoms with Gasteiger partial charge in [0.25, 0.3) is 0 Å². The van der Waals surface area contributed by atoms with Crippen LogP contribution < -0.4 is 9.47 Å². The zero-order valence-corrected chi connectivity index (χ0v) is 20.2. The average molecular weight is 482 g/mol. The van der Waals surface area contributed by atoms with E-state index in [1.807, 2.05) is 53.6 Å². The summed E-state index contributed by atoms with van der Waals surface area (Å²) in [4.78, 5) is 21.1. The van der Waals surface area contributed by atoms with Crippen LogP contribution in [0.4, 0.5) is 4.39 Å². The minimum atomic E-state index is -0.355. The zero-order chi connectivity index (χ0) is 23.9. The zero-order valence-electron chi connectivity index (χ0n) is 19.4. The Labute approximate surface area is 203 Å². The van der Waals surface area contributed by atoms with E-state index in [2.05, 4.69) is 9.88 Å². The van der Waals surface area contributed by atoms with Gasteiger partial charge in [-0.3, -0.25) is 9.69 Å². The summed E-state index contributed by atoms with van der Waals surface area (Å²) in [5, 5.41) is 3.01. The molecule has 0 atom stereocenters. The number of carbonyl (C=O) groups is 1. The van der Waals surface area contributed by atoms with Crippen LogP contribution in [-0.4, -0.2) is 54.0 Å². The predicted octanol–water partition coefficient (Wildman–Crippen LogP) is 4.54. The van der Waals surface area contributed by atoms with Crippen LogP contribution in [0, 0.1) is 12.7 Å². The molecule has 0 radical (unpaired) electrons. The lowest BCUT2D eigenvalue weighted by Crippen LogP contribution is -2.47. The van der Waals surface area contributed by atoms with Crippen molar-refractivity contribution in [1.29, 1.82) is 0 Å². The number of methoxy groups -OCH3 is 1. The molecular weight excluding hydrogens is 453 g/mol. The van der Waals surface area contributed by atoms with E-state index in [1.54, 1.807) is 23.5 Å². The molecule has 4 rings (SSSR count). The maximum Gasteiger partial charge on any atom is 0.246 e. The van der Waals surface area contributed by atoms with E-state index in [1.165, 1.54) is 13.2 Å². The number of nitrogens with zero attached hydrogens (tertiary/aromatic N) is 3. The molecule has 178 valence electrons. The van der Waals surface area contributed by atoms with Crippen molar-refractivity contribution in [2.75, 3.05) is 33.3 Å². The molecule has 0 spiro atoms. The Morgan fingerprint density at radius 2 is 2.00 bits per heavy atom.